The van der Waals surface area contributed by atoms with E-state index in [9.17, 15) is 8.42 Å². The smallest absolute Gasteiger partial charge is 0.212 e. The van der Waals surface area contributed by atoms with Gasteiger partial charge in [-0.15, -0.1) is 11.6 Å². The third kappa shape index (κ3) is 2.84. The van der Waals surface area contributed by atoms with Gasteiger partial charge in [0.25, 0.3) is 0 Å². The van der Waals surface area contributed by atoms with E-state index in [1.807, 2.05) is 0 Å². The maximum Gasteiger partial charge on any atom is 0.214 e. The standard InChI is InChI=1S/C9H18ClNO2S/c1-2-14(12,13)11(8-4-7-10)9-5-3-6-9/h9H,2-8H2,1H3. The van der Waals surface area contributed by atoms with Crippen molar-refractivity contribution in [1.29, 1.82) is 0 Å². The van der Waals surface area contributed by atoms with E-state index in [2.05, 4.69) is 0 Å². The van der Waals surface area contributed by atoms with Crippen LogP contribution in [0.1, 0.15) is 32.6 Å². The van der Waals surface area contributed by atoms with E-state index < -0.39 is 10.0 Å². The zero-order valence-electron chi connectivity index (χ0n) is 8.58. The molecular formula is C9H18ClNO2S. The minimum absolute atomic E-state index is 0.200. The molecule has 5 heteroatoms. The van der Waals surface area contributed by atoms with E-state index in [1.165, 1.54) is 0 Å². The van der Waals surface area contributed by atoms with Gasteiger partial charge in [0.15, 0.2) is 0 Å². The van der Waals surface area contributed by atoms with Gasteiger partial charge in [0.1, 0.15) is 0 Å². The highest BCUT2D eigenvalue weighted by Crippen LogP contribution is 2.27. The molecule has 0 amide bonds. The summed E-state index contributed by atoms with van der Waals surface area (Å²) in [6.45, 7) is 2.28. The minimum atomic E-state index is -3.02. The van der Waals surface area contributed by atoms with Gasteiger partial charge >= 0.3 is 0 Å². The van der Waals surface area contributed by atoms with Crippen molar-refractivity contribution in [1.82, 2.24) is 4.31 Å². The van der Waals surface area contributed by atoms with Crippen LogP contribution in [0.2, 0.25) is 0 Å². The molecule has 84 valence electrons. The highest BCUT2D eigenvalue weighted by Gasteiger charge is 2.31. The maximum absolute atomic E-state index is 11.7. The maximum atomic E-state index is 11.7. The summed E-state index contributed by atoms with van der Waals surface area (Å²) >= 11 is 5.58. The number of nitrogens with zero attached hydrogens (tertiary/aromatic N) is 1. The third-order valence-corrected chi connectivity index (χ3v) is 4.91. The van der Waals surface area contributed by atoms with Crippen molar-refractivity contribution in [2.45, 2.75) is 38.6 Å². The SMILES string of the molecule is CCS(=O)(=O)N(CCCCl)C1CCC1. The lowest BCUT2D eigenvalue weighted by Crippen LogP contribution is -2.45. The molecule has 0 radical (unpaired) electrons. The predicted octanol–water partition coefficient (Wildman–Crippen LogP) is 1.82. The van der Waals surface area contributed by atoms with Crippen LogP contribution in [0.15, 0.2) is 0 Å². The van der Waals surface area contributed by atoms with Gasteiger partial charge in [-0.05, 0) is 26.2 Å². The second-order valence-corrected chi connectivity index (χ2v) is 6.23. The molecule has 1 aliphatic carbocycles. The average Bonchev–Trinajstić information content (AvgIpc) is 2.08. The molecule has 0 atom stereocenters. The van der Waals surface area contributed by atoms with Crippen molar-refractivity contribution in [2.24, 2.45) is 0 Å². The topological polar surface area (TPSA) is 37.4 Å². The molecule has 0 aromatic rings. The second kappa shape index (κ2) is 5.33. The summed E-state index contributed by atoms with van der Waals surface area (Å²) in [5.74, 6) is 0.730. The van der Waals surface area contributed by atoms with Crippen LogP contribution in [0.3, 0.4) is 0 Å². The Bertz CT molecular complexity index is 262. The third-order valence-electron chi connectivity index (χ3n) is 2.72. The molecule has 1 saturated carbocycles. The van der Waals surface area contributed by atoms with Gasteiger partial charge in [-0.3, -0.25) is 0 Å². The number of sulfonamides is 1. The Hall–Kier alpha value is 0.200. The quantitative estimate of drug-likeness (QED) is 0.663. The molecule has 14 heavy (non-hydrogen) atoms. The number of alkyl halides is 1. The molecule has 0 unspecified atom stereocenters. The highest BCUT2D eigenvalue weighted by molar-refractivity contribution is 7.89. The molecule has 1 fully saturated rings. The van der Waals surface area contributed by atoms with E-state index in [1.54, 1.807) is 11.2 Å². The Morgan fingerprint density at radius 2 is 2.07 bits per heavy atom. The van der Waals surface area contributed by atoms with Crippen molar-refractivity contribution in [3.05, 3.63) is 0 Å². The molecule has 1 rings (SSSR count). The van der Waals surface area contributed by atoms with Gasteiger partial charge in [0, 0.05) is 18.5 Å². The number of hydrogen-bond donors (Lipinski definition) is 0. The number of hydrogen-bond acceptors (Lipinski definition) is 2. The van der Waals surface area contributed by atoms with Crippen LogP contribution in [0, 0.1) is 0 Å². The van der Waals surface area contributed by atoms with E-state index in [0.717, 1.165) is 25.7 Å². The van der Waals surface area contributed by atoms with Gasteiger partial charge in [-0.25, -0.2) is 8.42 Å². The Morgan fingerprint density at radius 3 is 2.43 bits per heavy atom. The summed E-state index contributed by atoms with van der Waals surface area (Å²) in [6, 6.07) is 0.253. The average molecular weight is 240 g/mol. The number of halogens is 1. The Morgan fingerprint density at radius 1 is 1.43 bits per heavy atom. The number of rotatable bonds is 6. The molecule has 0 bridgehead atoms. The van der Waals surface area contributed by atoms with E-state index in [0.29, 0.717) is 12.4 Å². The van der Waals surface area contributed by atoms with Gasteiger partial charge in [-0.1, -0.05) is 6.42 Å². The molecule has 0 aromatic carbocycles. The first-order valence-electron chi connectivity index (χ1n) is 5.17. The van der Waals surface area contributed by atoms with Crippen LogP contribution in [0.4, 0.5) is 0 Å². The fraction of sp³-hybridized carbons (Fsp3) is 1.00. The lowest BCUT2D eigenvalue weighted by atomic mass is 9.93. The first kappa shape index (κ1) is 12.3. The van der Waals surface area contributed by atoms with Crippen LogP contribution in [0.25, 0.3) is 0 Å². The molecule has 0 aromatic heterocycles. The van der Waals surface area contributed by atoms with Crippen LogP contribution >= 0.6 is 11.6 Å². The summed E-state index contributed by atoms with van der Waals surface area (Å²) in [4.78, 5) is 0. The molecule has 3 nitrogen and oxygen atoms in total. The van der Waals surface area contributed by atoms with Gasteiger partial charge in [-0.2, -0.15) is 4.31 Å². The van der Waals surface area contributed by atoms with E-state index in [-0.39, 0.29) is 11.8 Å². The van der Waals surface area contributed by atoms with Gasteiger partial charge in [0.05, 0.1) is 5.75 Å². The molecule has 0 saturated heterocycles. The monoisotopic (exact) mass is 239 g/mol. The highest BCUT2D eigenvalue weighted by atomic mass is 35.5. The molecule has 0 aliphatic heterocycles. The summed E-state index contributed by atoms with van der Waals surface area (Å²) in [5.41, 5.74) is 0. The summed E-state index contributed by atoms with van der Waals surface area (Å²) in [7, 11) is -3.02. The molecular weight excluding hydrogens is 222 g/mol. The Kier molecular flexibility index (Phi) is 4.67. The zero-order chi connectivity index (χ0) is 10.6. The molecule has 0 N–H and O–H groups in total. The van der Waals surface area contributed by atoms with Crippen molar-refractivity contribution < 1.29 is 8.42 Å². The van der Waals surface area contributed by atoms with Gasteiger partial charge < -0.3 is 0 Å². The largest absolute Gasteiger partial charge is 0.214 e. The minimum Gasteiger partial charge on any atom is -0.212 e. The van der Waals surface area contributed by atoms with Crippen molar-refractivity contribution in [3.8, 4) is 0 Å². The second-order valence-electron chi connectivity index (χ2n) is 3.64. The van der Waals surface area contributed by atoms with Crippen LogP contribution in [0.5, 0.6) is 0 Å². The van der Waals surface area contributed by atoms with E-state index in [4.69, 9.17) is 11.6 Å². The fourth-order valence-electron chi connectivity index (χ4n) is 1.60. The Labute approximate surface area is 91.5 Å². The molecule has 0 spiro atoms. The Balaban J connectivity index is 2.60. The van der Waals surface area contributed by atoms with Gasteiger partial charge in [0.2, 0.25) is 10.0 Å². The summed E-state index contributed by atoms with van der Waals surface area (Å²) in [6.07, 6.45) is 3.93. The lowest BCUT2D eigenvalue weighted by molar-refractivity contribution is 0.220. The van der Waals surface area contributed by atoms with Crippen LogP contribution in [-0.2, 0) is 10.0 Å². The van der Waals surface area contributed by atoms with Crippen LogP contribution < -0.4 is 0 Å². The van der Waals surface area contributed by atoms with Crippen LogP contribution in [-0.4, -0.2) is 36.9 Å². The fourth-order valence-corrected chi connectivity index (χ4v) is 3.13. The van der Waals surface area contributed by atoms with Crippen molar-refractivity contribution in [2.75, 3.05) is 18.2 Å². The lowest BCUT2D eigenvalue weighted by Gasteiger charge is -2.36. The first-order chi connectivity index (χ1) is 6.61. The summed E-state index contributed by atoms with van der Waals surface area (Å²) in [5, 5.41) is 0. The first-order valence-corrected chi connectivity index (χ1v) is 7.31. The predicted molar refractivity (Wildman–Crippen MR) is 59.1 cm³/mol. The molecule has 0 heterocycles. The summed E-state index contributed by atoms with van der Waals surface area (Å²) < 4.78 is 25.1. The normalized spacial score (nSPS) is 18.5. The van der Waals surface area contributed by atoms with E-state index >= 15 is 0 Å². The van der Waals surface area contributed by atoms with Crippen molar-refractivity contribution >= 4 is 21.6 Å². The van der Waals surface area contributed by atoms with Crippen molar-refractivity contribution in [3.63, 3.8) is 0 Å². The molecule has 1 aliphatic rings. The zero-order valence-corrected chi connectivity index (χ0v) is 10.1.